The van der Waals surface area contributed by atoms with Crippen molar-refractivity contribution in [1.82, 2.24) is 4.98 Å². The molecule has 3 atom stereocenters. The zero-order valence-electron chi connectivity index (χ0n) is 21.2. The summed E-state index contributed by atoms with van der Waals surface area (Å²) < 4.78 is 6.05. The Morgan fingerprint density at radius 2 is 1.73 bits per heavy atom. The van der Waals surface area contributed by atoms with Gasteiger partial charge in [-0.25, -0.2) is 0 Å². The van der Waals surface area contributed by atoms with E-state index in [1.165, 1.54) is 0 Å². The molecule has 2 unspecified atom stereocenters. The maximum Gasteiger partial charge on any atom is 0.225 e. The Balaban J connectivity index is 1.63. The molecule has 2 heterocycles. The van der Waals surface area contributed by atoms with E-state index in [-0.39, 0.29) is 5.92 Å². The molecule has 3 N–H and O–H groups in total. The van der Waals surface area contributed by atoms with Gasteiger partial charge in [0.25, 0.3) is 0 Å². The topological polar surface area (TPSA) is 89.4 Å². The minimum absolute atomic E-state index is 0.262. The number of carbonyl (C=O) groups is 1. The maximum atomic E-state index is 13.1. The van der Waals surface area contributed by atoms with Crippen LogP contribution in [0.15, 0.2) is 102 Å². The average molecular weight is 491 g/mol. The van der Waals surface area contributed by atoms with Gasteiger partial charge in [0.1, 0.15) is 16.9 Å². The second-order valence-electron chi connectivity index (χ2n) is 9.85. The molecule has 0 aliphatic heterocycles. The van der Waals surface area contributed by atoms with Gasteiger partial charge in [0.15, 0.2) is 0 Å². The summed E-state index contributed by atoms with van der Waals surface area (Å²) in [6.45, 7) is 5.81. The summed E-state index contributed by atoms with van der Waals surface area (Å²) >= 11 is 0. The molecule has 0 saturated heterocycles. The van der Waals surface area contributed by atoms with Crippen molar-refractivity contribution in [2.75, 3.05) is 0 Å². The van der Waals surface area contributed by atoms with Crippen molar-refractivity contribution in [3.05, 3.63) is 136 Å². The molecule has 37 heavy (non-hydrogen) atoms. The van der Waals surface area contributed by atoms with Crippen LogP contribution in [-0.2, 0) is 10.4 Å². The molecule has 0 spiro atoms. The summed E-state index contributed by atoms with van der Waals surface area (Å²) in [7, 11) is 0. The van der Waals surface area contributed by atoms with E-state index in [1.807, 2.05) is 60.7 Å². The fourth-order valence-electron chi connectivity index (χ4n) is 5.20. The number of aliphatic hydroxyl groups is 1. The van der Waals surface area contributed by atoms with Gasteiger partial charge in [-0.05, 0) is 67.3 Å². The molecular formula is C32H30N2O3. The summed E-state index contributed by atoms with van der Waals surface area (Å²) in [5.74, 6) is -0.872. The number of hydrogen-bond donors (Lipinski definition) is 2. The van der Waals surface area contributed by atoms with Gasteiger partial charge in [-0.1, -0.05) is 66.2 Å². The van der Waals surface area contributed by atoms with Crippen molar-refractivity contribution in [3.63, 3.8) is 0 Å². The molecule has 5 nitrogen and oxygen atoms in total. The maximum absolute atomic E-state index is 13.1. The first-order valence-corrected chi connectivity index (χ1v) is 12.3. The Labute approximate surface area is 216 Å². The van der Waals surface area contributed by atoms with E-state index in [9.17, 15) is 9.90 Å². The highest BCUT2D eigenvalue weighted by atomic mass is 16.4. The fraction of sp³-hybridized carbons (Fsp3) is 0.188. The predicted molar refractivity (Wildman–Crippen MR) is 145 cm³/mol. The first-order valence-electron chi connectivity index (χ1n) is 12.3. The van der Waals surface area contributed by atoms with Gasteiger partial charge in [-0.3, -0.25) is 9.78 Å². The third-order valence-corrected chi connectivity index (χ3v) is 7.16. The Kier molecular flexibility index (Phi) is 6.40. The number of nitrogens with zero attached hydrogens (tertiary/aromatic N) is 1. The normalized spacial score (nSPS) is 14.7. The number of amides is 1. The van der Waals surface area contributed by atoms with E-state index >= 15 is 0 Å². The largest absolute Gasteiger partial charge is 0.458 e. The van der Waals surface area contributed by atoms with Gasteiger partial charge in [0.05, 0.1) is 5.92 Å². The molecule has 5 heteroatoms. The quantitative estimate of drug-likeness (QED) is 0.288. The second kappa shape index (κ2) is 9.68. The number of aryl methyl sites for hydroxylation is 2. The number of benzene rings is 3. The lowest BCUT2D eigenvalue weighted by atomic mass is 9.75. The number of hydrogen-bond acceptors (Lipinski definition) is 4. The predicted octanol–water partition coefficient (Wildman–Crippen LogP) is 6.10. The molecule has 5 aromatic rings. The molecule has 0 saturated carbocycles. The Hall–Kier alpha value is -4.22. The van der Waals surface area contributed by atoms with Gasteiger partial charge in [0.2, 0.25) is 5.91 Å². The van der Waals surface area contributed by atoms with Crippen molar-refractivity contribution in [3.8, 4) is 0 Å². The van der Waals surface area contributed by atoms with Crippen LogP contribution in [0.5, 0.6) is 0 Å². The number of furan rings is 1. The van der Waals surface area contributed by atoms with E-state index in [2.05, 4.69) is 37.0 Å². The summed E-state index contributed by atoms with van der Waals surface area (Å²) in [5.41, 5.74) is 11.1. The average Bonchev–Trinajstić information content (AvgIpc) is 3.33. The van der Waals surface area contributed by atoms with Crippen molar-refractivity contribution in [1.29, 1.82) is 0 Å². The molecule has 0 fully saturated rings. The molecule has 1 amide bonds. The van der Waals surface area contributed by atoms with E-state index < -0.39 is 17.4 Å². The van der Waals surface area contributed by atoms with Gasteiger partial charge in [-0.2, -0.15) is 0 Å². The summed E-state index contributed by atoms with van der Waals surface area (Å²) in [6, 6.07) is 27.4. The zero-order valence-corrected chi connectivity index (χ0v) is 21.2. The number of fused-ring (bicyclic) bond motifs is 1. The number of nitrogens with two attached hydrogens (primary N) is 1. The van der Waals surface area contributed by atoms with Crippen LogP contribution >= 0.6 is 0 Å². The highest BCUT2D eigenvalue weighted by Gasteiger charge is 2.33. The van der Waals surface area contributed by atoms with Crippen LogP contribution in [0.1, 0.15) is 57.9 Å². The summed E-state index contributed by atoms with van der Waals surface area (Å²) in [6.07, 6.45) is 3.28. The monoisotopic (exact) mass is 490 g/mol. The van der Waals surface area contributed by atoms with E-state index in [1.54, 1.807) is 25.4 Å². The van der Waals surface area contributed by atoms with Crippen molar-refractivity contribution < 1.29 is 14.3 Å². The third-order valence-electron chi connectivity index (χ3n) is 7.16. The summed E-state index contributed by atoms with van der Waals surface area (Å²) in [5, 5.41) is 12.0. The lowest BCUT2D eigenvalue weighted by Gasteiger charge is -2.28. The number of aromatic nitrogens is 1. The minimum atomic E-state index is -1.36. The molecule has 0 radical (unpaired) electrons. The standard InChI is InChI=1S/C32H30N2O3/c1-20-11-13-26(21(2)16-20)29(22-8-5-4-6-9-22)30(31(33)35)23-12-14-27-24(17-23)18-28(37-27)32(3,36)25-10-7-15-34-19-25/h4-19,29-30,36H,1-3H3,(H2,33,35)/t29-,30?,32?/m0/s1. The second-order valence-corrected chi connectivity index (χ2v) is 9.85. The van der Waals surface area contributed by atoms with Crippen molar-refractivity contribution >= 4 is 16.9 Å². The van der Waals surface area contributed by atoms with Crippen molar-refractivity contribution in [2.45, 2.75) is 38.2 Å². The molecular weight excluding hydrogens is 460 g/mol. The zero-order chi connectivity index (χ0) is 26.2. The van der Waals surface area contributed by atoms with Gasteiger partial charge in [0, 0.05) is 29.3 Å². The summed E-state index contributed by atoms with van der Waals surface area (Å²) in [4.78, 5) is 17.2. The highest BCUT2D eigenvalue weighted by molar-refractivity contribution is 5.87. The fourth-order valence-corrected chi connectivity index (χ4v) is 5.20. The number of pyridine rings is 1. The number of rotatable bonds is 7. The molecule has 0 aliphatic carbocycles. The molecule has 186 valence electrons. The first kappa shape index (κ1) is 24.5. The van der Waals surface area contributed by atoms with E-state index in [0.29, 0.717) is 16.9 Å². The molecule has 5 rings (SSSR count). The third kappa shape index (κ3) is 4.66. The smallest absolute Gasteiger partial charge is 0.225 e. The van der Waals surface area contributed by atoms with Crippen LogP contribution in [0.3, 0.4) is 0 Å². The Morgan fingerprint density at radius 3 is 2.41 bits per heavy atom. The highest BCUT2D eigenvalue weighted by Crippen LogP contribution is 2.41. The van der Waals surface area contributed by atoms with Crippen LogP contribution in [-0.4, -0.2) is 16.0 Å². The van der Waals surface area contributed by atoms with Crippen molar-refractivity contribution in [2.24, 2.45) is 5.73 Å². The molecule has 0 bridgehead atoms. The molecule has 2 aromatic heterocycles. The van der Waals surface area contributed by atoms with E-state index in [0.717, 1.165) is 33.2 Å². The molecule has 0 aliphatic rings. The van der Waals surface area contributed by atoms with Crippen LogP contribution in [0.25, 0.3) is 11.0 Å². The molecule has 3 aromatic carbocycles. The lowest BCUT2D eigenvalue weighted by Crippen LogP contribution is -2.28. The minimum Gasteiger partial charge on any atom is -0.458 e. The van der Waals surface area contributed by atoms with Crippen LogP contribution in [0.2, 0.25) is 0 Å². The number of carbonyl (C=O) groups excluding carboxylic acids is 1. The Bertz CT molecular complexity index is 1560. The van der Waals surface area contributed by atoms with Crippen LogP contribution < -0.4 is 5.73 Å². The van der Waals surface area contributed by atoms with Crippen LogP contribution in [0, 0.1) is 13.8 Å². The van der Waals surface area contributed by atoms with Gasteiger partial charge in [-0.15, -0.1) is 0 Å². The van der Waals surface area contributed by atoms with Gasteiger partial charge < -0.3 is 15.3 Å². The first-order chi connectivity index (χ1) is 17.8. The van der Waals surface area contributed by atoms with Gasteiger partial charge >= 0.3 is 0 Å². The van der Waals surface area contributed by atoms with E-state index in [4.69, 9.17) is 10.2 Å². The number of primary amides is 1. The lowest BCUT2D eigenvalue weighted by molar-refractivity contribution is -0.119. The Morgan fingerprint density at radius 1 is 0.946 bits per heavy atom. The SMILES string of the molecule is Cc1ccc([C@H](c2ccccc2)C(C(N)=O)c2ccc3oc(C(C)(O)c4cccnc4)cc3c2)c(C)c1. The van der Waals surface area contributed by atoms with Crippen LogP contribution in [0.4, 0.5) is 0 Å².